The van der Waals surface area contributed by atoms with Crippen LogP contribution in [0.15, 0.2) is 18.3 Å². The number of anilines is 1. The van der Waals surface area contributed by atoms with Gasteiger partial charge < -0.3 is 19.5 Å². The Morgan fingerprint density at radius 1 is 1.54 bits per heavy atom. The molecular weight excluding hydrogens is 326 g/mol. The van der Waals surface area contributed by atoms with E-state index in [0.29, 0.717) is 24.8 Å². The molecule has 0 radical (unpaired) electrons. The molecule has 2 aliphatic heterocycles. The van der Waals surface area contributed by atoms with E-state index in [1.165, 1.54) is 0 Å². The Bertz CT molecular complexity index is 757. The first kappa shape index (κ1) is 15.6. The van der Waals surface area contributed by atoms with Crippen LogP contribution in [0.25, 0.3) is 0 Å². The Balaban J connectivity index is 1.47. The second kappa shape index (κ2) is 5.86. The van der Waals surface area contributed by atoms with Crippen molar-refractivity contribution in [2.24, 2.45) is 18.4 Å². The maximum Gasteiger partial charge on any atom is 0.267 e. The molecule has 1 N–H and O–H groups in total. The third-order valence-electron chi connectivity index (χ3n) is 5.08. The molecule has 0 aromatic carbocycles. The molecule has 128 valence electrons. The minimum Gasteiger partial charge on any atom is -0.380 e. The Kier molecular flexibility index (Phi) is 3.80. The lowest BCUT2D eigenvalue weighted by atomic mass is 9.81. The second-order valence-corrected chi connectivity index (χ2v) is 7.91. The van der Waals surface area contributed by atoms with E-state index < -0.39 is 0 Å². The molecule has 2 aromatic heterocycles. The first-order valence-corrected chi connectivity index (χ1v) is 8.91. The Hall–Kier alpha value is -1.93. The lowest BCUT2D eigenvalue weighted by Crippen LogP contribution is -2.43. The van der Waals surface area contributed by atoms with Crippen molar-refractivity contribution < 1.29 is 9.53 Å². The molecule has 2 saturated heterocycles. The maximum absolute atomic E-state index is 12.4. The number of ether oxygens (including phenoxy) is 1. The van der Waals surface area contributed by atoms with E-state index in [4.69, 9.17) is 4.74 Å². The zero-order chi connectivity index (χ0) is 16.7. The fourth-order valence-corrected chi connectivity index (χ4v) is 4.38. The SMILES string of the molecule is Cc1nnc(N2C[C@H]3COC[C@@]3(CNC(=O)c3cccn3C)C2)s1. The third-order valence-corrected chi connectivity index (χ3v) is 5.98. The molecule has 2 fully saturated rings. The topological polar surface area (TPSA) is 72.3 Å². The number of nitrogens with one attached hydrogen (secondary N) is 1. The average Bonchev–Trinajstić information content (AvgIpc) is 3.28. The van der Waals surface area contributed by atoms with Crippen LogP contribution in [0.2, 0.25) is 0 Å². The Labute approximate surface area is 144 Å². The molecule has 2 aliphatic rings. The number of nitrogens with zero attached hydrogens (tertiary/aromatic N) is 4. The van der Waals surface area contributed by atoms with Gasteiger partial charge in [0, 0.05) is 44.2 Å². The highest BCUT2D eigenvalue weighted by atomic mass is 32.1. The van der Waals surface area contributed by atoms with E-state index >= 15 is 0 Å². The number of aryl methyl sites for hydroxylation is 2. The quantitative estimate of drug-likeness (QED) is 0.896. The molecule has 1 amide bonds. The molecule has 7 nitrogen and oxygen atoms in total. The highest BCUT2D eigenvalue weighted by Crippen LogP contribution is 2.43. The molecule has 0 aliphatic carbocycles. The van der Waals surface area contributed by atoms with E-state index in [9.17, 15) is 4.79 Å². The smallest absolute Gasteiger partial charge is 0.267 e. The summed E-state index contributed by atoms with van der Waals surface area (Å²) in [5, 5.41) is 13.4. The summed E-state index contributed by atoms with van der Waals surface area (Å²) in [5.41, 5.74) is 0.636. The van der Waals surface area contributed by atoms with Crippen LogP contribution in [-0.2, 0) is 11.8 Å². The number of amides is 1. The molecule has 4 rings (SSSR count). The summed E-state index contributed by atoms with van der Waals surface area (Å²) in [6.45, 7) is 5.77. The fraction of sp³-hybridized carbons (Fsp3) is 0.562. The number of aromatic nitrogens is 3. The summed E-state index contributed by atoms with van der Waals surface area (Å²) in [6, 6.07) is 3.71. The zero-order valence-corrected chi connectivity index (χ0v) is 14.7. The van der Waals surface area contributed by atoms with Crippen molar-refractivity contribution in [3.8, 4) is 0 Å². The van der Waals surface area contributed by atoms with Crippen molar-refractivity contribution in [3.05, 3.63) is 29.0 Å². The molecule has 0 unspecified atom stereocenters. The minimum atomic E-state index is -0.0413. The molecule has 2 atom stereocenters. The normalized spacial score (nSPS) is 25.9. The van der Waals surface area contributed by atoms with Crippen molar-refractivity contribution >= 4 is 22.4 Å². The third kappa shape index (κ3) is 2.59. The van der Waals surface area contributed by atoms with Gasteiger partial charge in [-0.3, -0.25) is 4.79 Å². The van der Waals surface area contributed by atoms with Gasteiger partial charge in [-0.1, -0.05) is 11.3 Å². The van der Waals surface area contributed by atoms with Gasteiger partial charge in [-0.2, -0.15) is 0 Å². The molecular formula is C16H21N5O2S. The molecule has 4 heterocycles. The van der Waals surface area contributed by atoms with Gasteiger partial charge in [-0.25, -0.2) is 0 Å². The summed E-state index contributed by atoms with van der Waals surface area (Å²) in [7, 11) is 1.88. The highest BCUT2D eigenvalue weighted by Gasteiger charge is 2.51. The summed E-state index contributed by atoms with van der Waals surface area (Å²) in [6.07, 6.45) is 1.88. The van der Waals surface area contributed by atoms with Gasteiger partial charge in [-0.15, -0.1) is 10.2 Å². The van der Waals surface area contributed by atoms with E-state index in [2.05, 4.69) is 20.4 Å². The van der Waals surface area contributed by atoms with Crippen molar-refractivity contribution in [2.75, 3.05) is 37.7 Å². The number of hydrogen-bond acceptors (Lipinski definition) is 6. The summed E-state index contributed by atoms with van der Waals surface area (Å²) in [4.78, 5) is 14.7. The number of fused-ring (bicyclic) bond motifs is 1. The van der Waals surface area contributed by atoms with Gasteiger partial charge in [0.1, 0.15) is 10.7 Å². The van der Waals surface area contributed by atoms with Gasteiger partial charge in [0.25, 0.3) is 5.91 Å². The molecule has 0 bridgehead atoms. The Morgan fingerprint density at radius 2 is 2.42 bits per heavy atom. The first-order chi connectivity index (χ1) is 11.6. The molecule has 2 aromatic rings. The largest absolute Gasteiger partial charge is 0.380 e. The number of hydrogen-bond donors (Lipinski definition) is 1. The van der Waals surface area contributed by atoms with Gasteiger partial charge in [0.2, 0.25) is 5.13 Å². The number of rotatable bonds is 4. The lowest BCUT2D eigenvalue weighted by molar-refractivity contribution is 0.0912. The average molecular weight is 347 g/mol. The second-order valence-electron chi connectivity index (χ2n) is 6.75. The van der Waals surface area contributed by atoms with Gasteiger partial charge >= 0.3 is 0 Å². The van der Waals surface area contributed by atoms with Crippen molar-refractivity contribution in [1.82, 2.24) is 20.1 Å². The fourth-order valence-electron chi connectivity index (χ4n) is 3.69. The number of carbonyl (C=O) groups is 1. The lowest BCUT2D eigenvalue weighted by Gasteiger charge is -2.27. The summed E-state index contributed by atoms with van der Waals surface area (Å²) >= 11 is 1.62. The number of carbonyl (C=O) groups excluding carboxylic acids is 1. The predicted octanol–water partition coefficient (Wildman–Crippen LogP) is 1.07. The first-order valence-electron chi connectivity index (χ1n) is 8.10. The Morgan fingerprint density at radius 3 is 3.12 bits per heavy atom. The van der Waals surface area contributed by atoms with Crippen LogP contribution >= 0.6 is 11.3 Å². The van der Waals surface area contributed by atoms with Gasteiger partial charge in [-0.05, 0) is 19.1 Å². The minimum absolute atomic E-state index is 0.0345. The molecule has 0 saturated carbocycles. The maximum atomic E-state index is 12.4. The van der Waals surface area contributed by atoms with Gasteiger partial charge in [0.15, 0.2) is 0 Å². The molecule has 0 spiro atoms. The van der Waals surface area contributed by atoms with Crippen LogP contribution < -0.4 is 10.2 Å². The van der Waals surface area contributed by atoms with E-state index in [1.807, 2.05) is 36.9 Å². The highest BCUT2D eigenvalue weighted by molar-refractivity contribution is 7.15. The van der Waals surface area contributed by atoms with Crippen molar-refractivity contribution in [2.45, 2.75) is 6.92 Å². The van der Waals surface area contributed by atoms with Crippen LogP contribution in [0, 0.1) is 18.3 Å². The van der Waals surface area contributed by atoms with Crippen molar-refractivity contribution in [1.29, 1.82) is 0 Å². The van der Waals surface area contributed by atoms with E-state index in [-0.39, 0.29) is 11.3 Å². The van der Waals surface area contributed by atoms with Crippen LogP contribution in [0.5, 0.6) is 0 Å². The predicted molar refractivity (Wildman–Crippen MR) is 91.3 cm³/mol. The van der Waals surface area contributed by atoms with Crippen LogP contribution in [0.3, 0.4) is 0 Å². The zero-order valence-electron chi connectivity index (χ0n) is 13.9. The summed E-state index contributed by atoms with van der Waals surface area (Å²) < 4.78 is 7.57. The van der Waals surface area contributed by atoms with E-state index in [0.717, 1.165) is 29.8 Å². The summed E-state index contributed by atoms with van der Waals surface area (Å²) in [5.74, 6) is 0.378. The van der Waals surface area contributed by atoms with Crippen molar-refractivity contribution in [3.63, 3.8) is 0 Å². The van der Waals surface area contributed by atoms with Crippen LogP contribution in [0.4, 0.5) is 5.13 Å². The molecule has 24 heavy (non-hydrogen) atoms. The van der Waals surface area contributed by atoms with Crippen LogP contribution in [-0.4, -0.2) is 53.5 Å². The van der Waals surface area contributed by atoms with Crippen LogP contribution in [0.1, 0.15) is 15.5 Å². The standard InChI is InChI=1S/C16H21N5O2S/c1-11-18-19-15(24-11)21-6-12-7-23-10-16(12,9-21)8-17-14(22)13-4-3-5-20(13)2/h3-5,12H,6-10H2,1-2H3,(H,17,22)/t12-,16+/m0/s1. The monoisotopic (exact) mass is 347 g/mol. The van der Waals surface area contributed by atoms with Gasteiger partial charge in [0.05, 0.1) is 13.2 Å². The van der Waals surface area contributed by atoms with E-state index in [1.54, 1.807) is 11.3 Å². The molecule has 8 heteroatoms.